The number of benzene rings is 1. The van der Waals surface area contributed by atoms with Gasteiger partial charge in [-0.05, 0) is 18.9 Å². The molecule has 1 aromatic rings. The molecular weight excluding hydrogens is 360 g/mol. The van der Waals surface area contributed by atoms with Crippen molar-refractivity contribution >= 4 is 5.78 Å². The fourth-order valence-electron chi connectivity index (χ4n) is 3.31. The van der Waals surface area contributed by atoms with Crippen LogP contribution in [-0.4, -0.2) is 40.0 Å². The van der Waals surface area contributed by atoms with Crippen molar-refractivity contribution in [2.24, 2.45) is 5.92 Å². The van der Waals surface area contributed by atoms with Crippen LogP contribution in [0.3, 0.4) is 0 Å². The Labute approximate surface area is 166 Å². The number of rotatable bonds is 10. The molecule has 0 heterocycles. The van der Waals surface area contributed by atoms with Crippen molar-refractivity contribution in [3.63, 3.8) is 0 Å². The summed E-state index contributed by atoms with van der Waals surface area (Å²) in [6.07, 6.45) is 6.30. The van der Waals surface area contributed by atoms with Gasteiger partial charge in [-0.15, -0.1) is 13.2 Å². The molecule has 0 unspecified atom stereocenters. The maximum absolute atomic E-state index is 12.4. The first kappa shape index (κ1) is 21.6. The number of carbonyl (C=O) groups excluding carboxylic acids is 1. The molecule has 6 heteroatoms. The Hall–Kier alpha value is -2.73. The van der Waals surface area contributed by atoms with E-state index in [0.717, 1.165) is 5.56 Å². The van der Waals surface area contributed by atoms with Crippen LogP contribution in [0.1, 0.15) is 18.4 Å². The minimum Gasteiger partial charge on any atom is -0.494 e. The molecule has 0 bridgehead atoms. The van der Waals surface area contributed by atoms with Gasteiger partial charge in [-0.3, -0.25) is 4.79 Å². The Morgan fingerprint density at radius 3 is 2.25 bits per heavy atom. The number of hydrogen-bond acceptors (Lipinski definition) is 6. The van der Waals surface area contributed by atoms with Crippen LogP contribution >= 0.6 is 0 Å². The lowest BCUT2D eigenvalue weighted by Crippen LogP contribution is -2.47. The van der Waals surface area contributed by atoms with Gasteiger partial charge in [-0.1, -0.05) is 12.2 Å². The van der Waals surface area contributed by atoms with Crippen LogP contribution in [0.5, 0.6) is 17.2 Å². The lowest BCUT2D eigenvalue weighted by atomic mass is 9.85. The number of ketones is 1. The topological polar surface area (TPSA) is 63.2 Å². The van der Waals surface area contributed by atoms with Crippen molar-refractivity contribution in [2.45, 2.75) is 25.0 Å². The predicted molar refractivity (Wildman–Crippen MR) is 107 cm³/mol. The molecule has 0 aliphatic heterocycles. The van der Waals surface area contributed by atoms with Gasteiger partial charge in [0.25, 0.3) is 5.79 Å². The summed E-state index contributed by atoms with van der Waals surface area (Å²) in [5.41, 5.74) is 0.844. The molecule has 28 heavy (non-hydrogen) atoms. The zero-order valence-electron chi connectivity index (χ0n) is 16.9. The van der Waals surface area contributed by atoms with Crippen molar-refractivity contribution in [1.29, 1.82) is 0 Å². The molecule has 1 aliphatic rings. The third-order valence-corrected chi connectivity index (χ3v) is 4.77. The molecule has 0 fully saturated rings. The van der Waals surface area contributed by atoms with Crippen LogP contribution in [0.15, 0.2) is 49.3 Å². The van der Waals surface area contributed by atoms with Crippen molar-refractivity contribution in [3.8, 4) is 17.2 Å². The smallest absolute Gasteiger partial charge is 0.269 e. The zero-order valence-corrected chi connectivity index (χ0v) is 16.9. The van der Waals surface area contributed by atoms with Crippen molar-refractivity contribution in [2.75, 3.05) is 28.4 Å². The van der Waals surface area contributed by atoms with Crippen LogP contribution in [0.2, 0.25) is 0 Å². The number of carbonyl (C=O) groups is 1. The average Bonchev–Trinajstić information content (AvgIpc) is 2.71. The van der Waals surface area contributed by atoms with Crippen LogP contribution in [0.4, 0.5) is 0 Å². The lowest BCUT2D eigenvalue weighted by molar-refractivity contribution is -0.178. The Morgan fingerprint density at radius 1 is 1.04 bits per heavy atom. The van der Waals surface area contributed by atoms with Crippen LogP contribution < -0.4 is 14.2 Å². The molecule has 152 valence electrons. The highest BCUT2D eigenvalue weighted by molar-refractivity contribution is 5.93. The maximum Gasteiger partial charge on any atom is 0.269 e. The first-order chi connectivity index (χ1) is 13.5. The van der Waals surface area contributed by atoms with E-state index in [4.69, 9.17) is 23.7 Å². The van der Waals surface area contributed by atoms with Gasteiger partial charge >= 0.3 is 0 Å². The molecule has 1 aromatic carbocycles. The summed E-state index contributed by atoms with van der Waals surface area (Å²) in [6, 6.07) is 3.58. The van der Waals surface area contributed by atoms with Gasteiger partial charge in [0.15, 0.2) is 23.0 Å². The molecule has 1 aliphatic carbocycles. The van der Waals surface area contributed by atoms with Gasteiger partial charge in [0.1, 0.15) is 5.75 Å². The second kappa shape index (κ2) is 9.46. The Kier molecular flexibility index (Phi) is 7.29. The second-order valence-corrected chi connectivity index (χ2v) is 6.41. The molecule has 0 radical (unpaired) electrons. The summed E-state index contributed by atoms with van der Waals surface area (Å²) < 4.78 is 28.4. The summed E-state index contributed by atoms with van der Waals surface area (Å²) >= 11 is 0. The third kappa shape index (κ3) is 4.22. The van der Waals surface area contributed by atoms with E-state index in [2.05, 4.69) is 13.2 Å². The van der Waals surface area contributed by atoms with E-state index in [-0.39, 0.29) is 11.7 Å². The maximum atomic E-state index is 12.4. The van der Waals surface area contributed by atoms with Gasteiger partial charge < -0.3 is 23.7 Å². The Morgan fingerprint density at radius 2 is 1.71 bits per heavy atom. The fraction of sp³-hybridized carbons (Fsp3) is 0.409. The average molecular weight is 388 g/mol. The Balaban J connectivity index is 2.55. The summed E-state index contributed by atoms with van der Waals surface area (Å²) in [6.45, 7) is 7.55. The van der Waals surface area contributed by atoms with Gasteiger partial charge in [0, 0.05) is 37.2 Å². The molecule has 0 saturated carbocycles. The molecule has 2 rings (SSSR count). The minimum atomic E-state index is -1.24. The van der Waals surface area contributed by atoms with Crippen LogP contribution in [-0.2, 0) is 20.7 Å². The van der Waals surface area contributed by atoms with E-state index in [9.17, 15) is 4.79 Å². The normalized spacial score (nSPS) is 21.5. The van der Waals surface area contributed by atoms with E-state index in [1.165, 1.54) is 20.3 Å². The number of methoxy groups -OCH3 is 4. The first-order valence-electron chi connectivity index (χ1n) is 8.99. The highest BCUT2D eigenvalue weighted by atomic mass is 16.7. The van der Waals surface area contributed by atoms with Crippen molar-refractivity contribution in [3.05, 3.63) is 54.8 Å². The van der Waals surface area contributed by atoms with Crippen molar-refractivity contribution in [1.82, 2.24) is 0 Å². The highest BCUT2D eigenvalue weighted by Gasteiger charge is 2.46. The van der Waals surface area contributed by atoms with Crippen molar-refractivity contribution < 1.29 is 28.5 Å². The van der Waals surface area contributed by atoms with E-state index in [1.54, 1.807) is 32.4 Å². The largest absolute Gasteiger partial charge is 0.494 e. The molecule has 6 nitrogen and oxygen atoms in total. The molecule has 2 atom stereocenters. The van der Waals surface area contributed by atoms with Gasteiger partial charge in [-0.2, -0.15) is 0 Å². The summed E-state index contributed by atoms with van der Waals surface area (Å²) in [4.78, 5) is 12.4. The standard InChI is InChI=1S/C22H28O6/c1-7-9-15-11-19(24-3)20(25-4)13-18(15)28-22(27-6)14-16(10-8-2)17(23)12-21(22)26-5/h7-8,11-13,16H,1-2,9-10,14H2,3-6H3/t16-,22-/m1/s1. The Bertz CT molecular complexity index is 767. The number of hydrogen-bond donors (Lipinski definition) is 0. The monoisotopic (exact) mass is 388 g/mol. The highest BCUT2D eigenvalue weighted by Crippen LogP contribution is 2.42. The molecule has 0 aromatic heterocycles. The van der Waals surface area contributed by atoms with E-state index >= 15 is 0 Å². The van der Waals surface area contributed by atoms with E-state index in [1.807, 2.05) is 6.07 Å². The molecular formula is C22H28O6. The fourth-order valence-corrected chi connectivity index (χ4v) is 3.31. The third-order valence-electron chi connectivity index (χ3n) is 4.77. The summed E-state index contributed by atoms with van der Waals surface area (Å²) in [5, 5.41) is 0. The predicted octanol–water partition coefficient (Wildman–Crippen LogP) is 3.85. The molecule has 0 amide bonds. The lowest BCUT2D eigenvalue weighted by Gasteiger charge is -2.39. The molecule has 0 saturated heterocycles. The molecule has 0 N–H and O–H groups in total. The van der Waals surface area contributed by atoms with Gasteiger partial charge in [0.05, 0.1) is 21.3 Å². The SMILES string of the molecule is C=CCc1cc(OC)c(OC)cc1O[C@]1(OC)C[C@@H](CC=C)C(=O)C=C1OC. The summed E-state index contributed by atoms with van der Waals surface area (Å²) in [7, 11) is 6.15. The molecule has 0 spiro atoms. The van der Waals surface area contributed by atoms with Gasteiger partial charge in [-0.25, -0.2) is 0 Å². The minimum absolute atomic E-state index is 0.0355. The second-order valence-electron chi connectivity index (χ2n) is 6.41. The van der Waals surface area contributed by atoms with E-state index in [0.29, 0.717) is 42.3 Å². The summed E-state index contributed by atoms with van der Waals surface area (Å²) in [5.74, 6) is 0.379. The van der Waals surface area contributed by atoms with Crippen LogP contribution in [0.25, 0.3) is 0 Å². The first-order valence-corrected chi connectivity index (χ1v) is 8.99. The quantitative estimate of drug-likeness (QED) is 0.448. The van der Waals surface area contributed by atoms with E-state index < -0.39 is 5.79 Å². The number of ether oxygens (including phenoxy) is 5. The zero-order chi connectivity index (χ0) is 20.7. The van der Waals surface area contributed by atoms with Crippen LogP contribution in [0, 0.1) is 5.92 Å². The number of allylic oxidation sites excluding steroid dienone is 3. The van der Waals surface area contributed by atoms with Gasteiger partial charge in [0.2, 0.25) is 0 Å².